The van der Waals surface area contributed by atoms with Crippen LogP contribution in [0.5, 0.6) is 0 Å². The minimum Gasteiger partial charge on any atom is -0.343 e. The molecule has 0 atom stereocenters. The number of nitrogens with one attached hydrogen (secondary N) is 1. The fourth-order valence-corrected chi connectivity index (χ4v) is 2.05. The predicted octanol–water partition coefficient (Wildman–Crippen LogP) is 1.89. The number of aryl methyl sites for hydroxylation is 2. The molecule has 0 aliphatic carbocycles. The molecule has 7 heteroatoms. The maximum Gasteiger partial charge on any atom is 0.268 e. The molecule has 18 heavy (non-hydrogen) atoms. The van der Waals surface area contributed by atoms with Crippen LogP contribution in [0.15, 0.2) is 21.3 Å². The van der Waals surface area contributed by atoms with E-state index in [2.05, 4.69) is 31.4 Å². The predicted molar refractivity (Wildman–Crippen MR) is 68.0 cm³/mol. The van der Waals surface area contributed by atoms with E-state index in [1.54, 1.807) is 13.0 Å². The number of hydrogen-bond donors (Lipinski definition) is 1. The molecule has 1 amide bonds. The van der Waals surface area contributed by atoms with Crippen LogP contribution in [0.2, 0.25) is 0 Å². The molecule has 0 unspecified atom stereocenters. The minimum atomic E-state index is -0.168. The Balaban J connectivity index is 2.03. The van der Waals surface area contributed by atoms with Gasteiger partial charge in [0.05, 0.1) is 6.54 Å². The van der Waals surface area contributed by atoms with Gasteiger partial charge in [-0.05, 0) is 35.8 Å². The lowest BCUT2D eigenvalue weighted by Gasteiger charge is -2.05. The number of amides is 1. The zero-order valence-electron chi connectivity index (χ0n) is 10.1. The van der Waals surface area contributed by atoms with Crippen LogP contribution in [0.1, 0.15) is 29.1 Å². The lowest BCUT2D eigenvalue weighted by Crippen LogP contribution is -2.25. The maximum atomic E-state index is 12.0. The largest absolute Gasteiger partial charge is 0.343 e. The fraction of sp³-hybridized carbons (Fsp3) is 0.364. The van der Waals surface area contributed by atoms with Gasteiger partial charge in [-0.15, -0.1) is 0 Å². The van der Waals surface area contributed by atoms with Gasteiger partial charge in [-0.25, -0.2) is 0 Å². The lowest BCUT2D eigenvalue weighted by atomic mass is 10.4. The van der Waals surface area contributed by atoms with Crippen molar-refractivity contribution in [2.75, 3.05) is 0 Å². The van der Waals surface area contributed by atoms with Gasteiger partial charge in [0.15, 0.2) is 5.82 Å². The highest BCUT2D eigenvalue weighted by molar-refractivity contribution is 9.10. The topological polar surface area (TPSA) is 73.0 Å². The SMILES string of the molecule is CCn1cc(Br)cc1C(=O)NCc1nc(C)no1. The summed E-state index contributed by atoms with van der Waals surface area (Å²) in [6.07, 6.45) is 1.87. The molecule has 96 valence electrons. The molecule has 0 aromatic carbocycles. The van der Waals surface area contributed by atoms with Crippen LogP contribution in [-0.2, 0) is 13.1 Å². The van der Waals surface area contributed by atoms with E-state index in [0.29, 0.717) is 17.4 Å². The summed E-state index contributed by atoms with van der Waals surface area (Å²) in [5.41, 5.74) is 0.598. The van der Waals surface area contributed by atoms with E-state index in [4.69, 9.17) is 4.52 Å². The van der Waals surface area contributed by atoms with Crippen LogP contribution < -0.4 is 5.32 Å². The highest BCUT2D eigenvalue weighted by Crippen LogP contribution is 2.15. The molecule has 0 aliphatic rings. The third-order valence-corrected chi connectivity index (χ3v) is 2.84. The summed E-state index contributed by atoms with van der Waals surface area (Å²) in [6, 6.07) is 1.78. The normalized spacial score (nSPS) is 10.6. The number of rotatable bonds is 4. The van der Waals surface area contributed by atoms with E-state index in [-0.39, 0.29) is 12.5 Å². The Hall–Kier alpha value is -1.63. The van der Waals surface area contributed by atoms with Crippen molar-refractivity contribution in [3.8, 4) is 0 Å². The number of nitrogens with zero attached hydrogens (tertiary/aromatic N) is 3. The van der Waals surface area contributed by atoms with Crippen LogP contribution in [0.3, 0.4) is 0 Å². The molecule has 0 bridgehead atoms. The molecule has 0 aliphatic heterocycles. The molecule has 2 aromatic heterocycles. The molecular weight excluding hydrogens is 300 g/mol. The summed E-state index contributed by atoms with van der Waals surface area (Å²) in [6.45, 7) is 4.67. The second-order valence-corrected chi connectivity index (χ2v) is 4.66. The Labute approximate surface area is 112 Å². The number of hydrogen-bond acceptors (Lipinski definition) is 4. The summed E-state index contributed by atoms with van der Waals surface area (Å²) in [5.74, 6) is 0.784. The van der Waals surface area contributed by atoms with Gasteiger partial charge < -0.3 is 14.4 Å². The van der Waals surface area contributed by atoms with Crippen molar-refractivity contribution in [3.05, 3.63) is 34.1 Å². The van der Waals surface area contributed by atoms with Crippen LogP contribution in [0, 0.1) is 6.92 Å². The first kappa shape index (κ1) is 12.8. The Kier molecular flexibility index (Phi) is 3.81. The molecule has 0 spiro atoms. The third kappa shape index (κ3) is 2.79. The standard InChI is InChI=1S/C11H13BrN4O2/c1-3-16-6-8(12)4-9(16)11(17)13-5-10-14-7(2)15-18-10/h4,6H,3,5H2,1-2H3,(H,13,17). The fourth-order valence-electron chi connectivity index (χ4n) is 1.59. The van der Waals surface area contributed by atoms with Crippen molar-refractivity contribution in [1.29, 1.82) is 0 Å². The molecule has 1 N–H and O–H groups in total. The summed E-state index contributed by atoms with van der Waals surface area (Å²) in [7, 11) is 0. The van der Waals surface area contributed by atoms with E-state index >= 15 is 0 Å². The molecule has 0 fully saturated rings. The molecule has 2 rings (SSSR count). The first-order valence-electron chi connectivity index (χ1n) is 5.53. The van der Waals surface area contributed by atoms with Crippen molar-refractivity contribution >= 4 is 21.8 Å². The van der Waals surface area contributed by atoms with E-state index < -0.39 is 0 Å². The summed E-state index contributed by atoms with van der Waals surface area (Å²) >= 11 is 3.35. The summed E-state index contributed by atoms with van der Waals surface area (Å²) in [5, 5.41) is 6.39. The Morgan fingerprint density at radius 1 is 1.61 bits per heavy atom. The zero-order chi connectivity index (χ0) is 13.1. The van der Waals surface area contributed by atoms with Gasteiger partial charge in [-0.1, -0.05) is 5.16 Å². The van der Waals surface area contributed by atoms with E-state index in [1.165, 1.54) is 0 Å². The number of aromatic nitrogens is 3. The van der Waals surface area contributed by atoms with E-state index in [0.717, 1.165) is 11.0 Å². The maximum absolute atomic E-state index is 12.0. The molecule has 0 saturated heterocycles. The Bertz CT molecular complexity index is 561. The average molecular weight is 313 g/mol. The molecule has 0 radical (unpaired) electrons. The van der Waals surface area contributed by atoms with Gasteiger partial charge in [-0.2, -0.15) is 4.98 Å². The van der Waals surface area contributed by atoms with Crippen LogP contribution in [0.4, 0.5) is 0 Å². The first-order chi connectivity index (χ1) is 8.60. The van der Waals surface area contributed by atoms with Crippen molar-refractivity contribution in [2.45, 2.75) is 26.9 Å². The highest BCUT2D eigenvalue weighted by Gasteiger charge is 2.13. The molecule has 2 heterocycles. The molecule has 2 aromatic rings. The van der Waals surface area contributed by atoms with Gasteiger partial charge in [0, 0.05) is 17.2 Å². The number of carbonyl (C=O) groups excluding carboxylic acids is 1. The van der Waals surface area contributed by atoms with Gasteiger partial charge in [0.25, 0.3) is 5.91 Å². The van der Waals surface area contributed by atoms with Crippen LogP contribution in [-0.4, -0.2) is 20.6 Å². The number of halogens is 1. The van der Waals surface area contributed by atoms with Crippen molar-refractivity contribution in [3.63, 3.8) is 0 Å². The Morgan fingerprint density at radius 2 is 2.39 bits per heavy atom. The first-order valence-corrected chi connectivity index (χ1v) is 6.32. The smallest absolute Gasteiger partial charge is 0.268 e. The number of carbonyl (C=O) groups is 1. The van der Waals surface area contributed by atoms with Gasteiger partial charge in [0.2, 0.25) is 5.89 Å². The van der Waals surface area contributed by atoms with Crippen LogP contribution >= 0.6 is 15.9 Å². The highest BCUT2D eigenvalue weighted by atomic mass is 79.9. The van der Waals surface area contributed by atoms with E-state index in [9.17, 15) is 4.79 Å². The minimum absolute atomic E-state index is 0.168. The second-order valence-electron chi connectivity index (χ2n) is 3.75. The van der Waals surface area contributed by atoms with Gasteiger partial charge in [0.1, 0.15) is 5.69 Å². The summed E-state index contributed by atoms with van der Waals surface area (Å²) in [4.78, 5) is 16.0. The van der Waals surface area contributed by atoms with E-state index in [1.807, 2.05) is 17.7 Å². The van der Waals surface area contributed by atoms with Gasteiger partial charge >= 0.3 is 0 Å². The molecule has 6 nitrogen and oxygen atoms in total. The Morgan fingerprint density at radius 3 is 3.00 bits per heavy atom. The lowest BCUT2D eigenvalue weighted by molar-refractivity contribution is 0.0937. The molecule has 0 saturated carbocycles. The van der Waals surface area contributed by atoms with Crippen molar-refractivity contribution < 1.29 is 9.32 Å². The second kappa shape index (κ2) is 5.34. The van der Waals surface area contributed by atoms with Crippen molar-refractivity contribution in [2.24, 2.45) is 0 Å². The molecular formula is C11H13BrN4O2. The van der Waals surface area contributed by atoms with Crippen LogP contribution in [0.25, 0.3) is 0 Å². The van der Waals surface area contributed by atoms with Gasteiger partial charge in [-0.3, -0.25) is 4.79 Å². The summed E-state index contributed by atoms with van der Waals surface area (Å²) < 4.78 is 7.66. The third-order valence-electron chi connectivity index (χ3n) is 2.41. The zero-order valence-corrected chi connectivity index (χ0v) is 11.7. The average Bonchev–Trinajstić information content (AvgIpc) is 2.92. The quantitative estimate of drug-likeness (QED) is 0.935. The van der Waals surface area contributed by atoms with Crippen molar-refractivity contribution in [1.82, 2.24) is 20.0 Å². The monoisotopic (exact) mass is 312 g/mol.